The van der Waals surface area contributed by atoms with Gasteiger partial charge in [0.15, 0.2) is 0 Å². The lowest BCUT2D eigenvalue weighted by Crippen LogP contribution is -2.12. The minimum Gasteiger partial charge on any atom is -0.495 e. The molecule has 5 heteroatoms. The largest absolute Gasteiger partial charge is 0.495 e. The number of benzene rings is 2. The number of amides is 1. The normalized spacial score (nSPS) is 10.4. The van der Waals surface area contributed by atoms with E-state index in [1.165, 1.54) is 11.3 Å². The first kappa shape index (κ1) is 12.6. The van der Waals surface area contributed by atoms with Gasteiger partial charge in [0.2, 0.25) is 0 Å². The SMILES string of the molecule is COc1ccccc1NC(=O)c1ccc2ncsc2c1. The molecule has 1 amide bonds. The highest BCUT2D eigenvalue weighted by Gasteiger charge is 2.10. The minimum absolute atomic E-state index is 0.162. The number of nitrogens with one attached hydrogen (secondary N) is 1. The maximum Gasteiger partial charge on any atom is 0.255 e. The summed E-state index contributed by atoms with van der Waals surface area (Å²) in [5.41, 5.74) is 3.94. The molecular formula is C15H12N2O2S. The van der Waals surface area contributed by atoms with E-state index in [9.17, 15) is 4.79 Å². The number of para-hydroxylation sites is 2. The molecule has 0 radical (unpaired) electrons. The molecule has 20 heavy (non-hydrogen) atoms. The monoisotopic (exact) mass is 284 g/mol. The maximum absolute atomic E-state index is 12.3. The molecule has 0 fully saturated rings. The zero-order valence-electron chi connectivity index (χ0n) is 10.8. The van der Waals surface area contributed by atoms with Crippen LogP contribution in [0.2, 0.25) is 0 Å². The third kappa shape index (κ3) is 2.35. The Morgan fingerprint density at radius 2 is 2.10 bits per heavy atom. The highest BCUT2D eigenvalue weighted by atomic mass is 32.1. The number of methoxy groups -OCH3 is 1. The van der Waals surface area contributed by atoms with Crippen LogP contribution in [0.5, 0.6) is 5.75 Å². The van der Waals surface area contributed by atoms with Gasteiger partial charge in [0.25, 0.3) is 5.91 Å². The van der Waals surface area contributed by atoms with E-state index in [2.05, 4.69) is 10.3 Å². The van der Waals surface area contributed by atoms with E-state index in [1.807, 2.05) is 36.4 Å². The summed E-state index contributed by atoms with van der Waals surface area (Å²) in [6, 6.07) is 12.8. The lowest BCUT2D eigenvalue weighted by Gasteiger charge is -2.09. The van der Waals surface area contributed by atoms with Gasteiger partial charge in [-0.15, -0.1) is 11.3 Å². The molecule has 0 aliphatic heterocycles. The van der Waals surface area contributed by atoms with E-state index in [0.29, 0.717) is 17.0 Å². The molecule has 2 aromatic carbocycles. The van der Waals surface area contributed by atoms with Gasteiger partial charge in [-0.3, -0.25) is 4.79 Å². The Morgan fingerprint density at radius 3 is 2.95 bits per heavy atom. The second-order valence-electron chi connectivity index (χ2n) is 4.19. The number of rotatable bonds is 3. The zero-order valence-corrected chi connectivity index (χ0v) is 11.6. The molecule has 0 saturated carbocycles. The highest BCUT2D eigenvalue weighted by Crippen LogP contribution is 2.24. The fourth-order valence-corrected chi connectivity index (χ4v) is 2.66. The Balaban J connectivity index is 1.88. The predicted molar refractivity (Wildman–Crippen MR) is 80.6 cm³/mol. The molecule has 4 nitrogen and oxygen atoms in total. The molecule has 0 aliphatic carbocycles. The minimum atomic E-state index is -0.162. The van der Waals surface area contributed by atoms with E-state index in [-0.39, 0.29) is 5.91 Å². The molecule has 1 heterocycles. The van der Waals surface area contributed by atoms with Crippen LogP contribution in [0, 0.1) is 0 Å². The van der Waals surface area contributed by atoms with E-state index in [1.54, 1.807) is 18.7 Å². The number of thiazole rings is 1. The van der Waals surface area contributed by atoms with Crippen LogP contribution in [-0.4, -0.2) is 18.0 Å². The van der Waals surface area contributed by atoms with E-state index < -0.39 is 0 Å². The van der Waals surface area contributed by atoms with Gasteiger partial charge in [-0.05, 0) is 30.3 Å². The number of hydrogen-bond acceptors (Lipinski definition) is 4. The Hall–Kier alpha value is -2.40. The molecule has 1 N–H and O–H groups in total. The van der Waals surface area contributed by atoms with Crippen molar-refractivity contribution in [1.29, 1.82) is 0 Å². The van der Waals surface area contributed by atoms with Crippen LogP contribution in [0.1, 0.15) is 10.4 Å². The van der Waals surface area contributed by atoms with E-state index in [0.717, 1.165) is 10.2 Å². The van der Waals surface area contributed by atoms with Gasteiger partial charge in [-0.1, -0.05) is 12.1 Å². The molecule has 0 spiro atoms. The third-order valence-electron chi connectivity index (χ3n) is 2.95. The lowest BCUT2D eigenvalue weighted by atomic mass is 10.2. The summed E-state index contributed by atoms with van der Waals surface area (Å²) >= 11 is 1.52. The predicted octanol–water partition coefficient (Wildman–Crippen LogP) is 3.56. The summed E-state index contributed by atoms with van der Waals surface area (Å²) < 4.78 is 6.22. The van der Waals surface area contributed by atoms with Crippen LogP contribution in [0.3, 0.4) is 0 Å². The molecule has 0 aliphatic rings. The smallest absolute Gasteiger partial charge is 0.255 e. The Morgan fingerprint density at radius 1 is 1.25 bits per heavy atom. The van der Waals surface area contributed by atoms with Crippen molar-refractivity contribution in [3.8, 4) is 5.75 Å². The first-order valence-corrected chi connectivity index (χ1v) is 6.93. The van der Waals surface area contributed by atoms with Crippen molar-refractivity contribution in [3.63, 3.8) is 0 Å². The molecule has 0 atom stereocenters. The van der Waals surface area contributed by atoms with Gasteiger partial charge < -0.3 is 10.1 Å². The van der Waals surface area contributed by atoms with Crippen molar-refractivity contribution in [3.05, 3.63) is 53.5 Å². The summed E-state index contributed by atoms with van der Waals surface area (Å²) in [5.74, 6) is 0.476. The molecule has 0 saturated heterocycles. The third-order valence-corrected chi connectivity index (χ3v) is 3.74. The molecule has 1 aromatic heterocycles. The van der Waals surface area contributed by atoms with Gasteiger partial charge in [0, 0.05) is 5.56 Å². The van der Waals surface area contributed by atoms with Crippen molar-refractivity contribution >= 4 is 33.1 Å². The number of fused-ring (bicyclic) bond motifs is 1. The van der Waals surface area contributed by atoms with E-state index >= 15 is 0 Å². The Kier molecular flexibility index (Phi) is 3.35. The first-order valence-electron chi connectivity index (χ1n) is 6.05. The summed E-state index contributed by atoms with van der Waals surface area (Å²) in [6.45, 7) is 0. The summed E-state index contributed by atoms with van der Waals surface area (Å²) in [7, 11) is 1.58. The van der Waals surface area contributed by atoms with Gasteiger partial charge in [-0.2, -0.15) is 0 Å². The summed E-state index contributed by atoms with van der Waals surface area (Å²) in [5, 5.41) is 2.85. The molecule has 100 valence electrons. The fourth-order valence-electron chi connectivity index (χ4n) is 1.94. The topological polar surface area (TPSA) is 51.2 Å². The highest BCUT2D eigenvalue weighted by molar-refractivity contribution is 7.16. The van der Waals surface area contributed by atoms with Gasteiger partial charge in [0.05, 0.1) is 28.5 Å². The average Bonchev–Trinajstić information content (AvgIpc) is 2.95. The quantitative estimate of drug-likeness (QED) is 0.800. The van der Waals surface area contributed by atoms with Crippen molar-refractivity contribution in [2.45, 2.75) is 0 Å². The van der Waals surface area contributed by atoms with Crippen LogP contribution >= 0.6 is 11.3 Å². The second kappa shape index (κ2) is 5.30. The van der Waals surface area contributed by atoms with Crippen LogP contribution in [0.25, 0.3) is 10.2 Å². The number of carbonyl (C=O) groups is 1. The van der Waals surface area contributed by atoms with Crippen molar-refractivity contribution in [1.82, 2.24) is 4.98 Å². The Labute approximate surface area is 120 Å². The summed E-state index contributed by atoms with van der Waals surface area (Å²) in [4.78, 5) is 16.5. The van der Waals surface area contributed by atoms with Crippen molar-refractivity contribution in [2.75, 3.05) is 12.4 Å². The molecule has 3 rings (SSSR count). The zero-order chi connectivity index (χ0) is 13.9. The van der Waals surface area contributed by atoms with Crippen LogP contribution < -0.4 is 10.1 Å². The van der Waals surface area contributed by atoms with Crippen LogP contribution in [0.4, 0.5) is 5.69 Å². The number of carbonyl (C=O) groups excluding carboxylic acids is 1. The van der Waals surface area contributed by atoms with Gasteiger partial charge in [0.1, 0.15) is 5.75 Å². The molecule has 0 bridgehead atoms. The number of nitrogens with zero attached hydrogens (tertiary/aromatic N) is 1. The summed E-state index contributed by atoms with van der Waals surface area (Å²) in [6.07, 6.45) is 0. The van der Waals surface area contributed by atoms with Gasteiger partial charge >= 0.3 is 0 Å². The molecular weight excluding hydrogens is 272 g/mol. The molecule has 0 unspecified atom stereocenters. The van der Waals surface area contributed by atoms with Crippen LogP contribution in [-0.2, 0) is 0 Å². The van der Waals surface area contributed by atoms with Crippen molar-refractivity contribution in [2.24, 2.45) is 0 Å². The lowest BCUT2D eigenvalue weighted by molar-refractivity contribution is 0.102. The van der Waals surface area contributed by atoms with Crippen molar-refractivity contribution < 1.29 is 9.53 Å². The average molecular weight is 284 g/mol. The van der Waals surface area contributed by atoms with Gasteiger partial charge in [-0.25, -0.2) is 4.98 Å². The second-order valence-corrected chi connectivity index (χ2v) is 5.08. The first-order chi connectivity index (χ1) is 9.78. The van der Waals surface area contributed by atoms with E-state index in [4.69, 9.17) is 4.74 Å². The van der Waals surface area contributed by atoms with Crippen LogP contribution in [0.15, 0.2) is 48.0 Å². The number of aromatic nitrogens is 1. The number of anilines is 1. The maximum atomic E-state index is 12.3. The molecule has 3 aromatic rings. The standard InChI is InChI=1S/C15H12N2O2S/c1-19-13-5-3-2-4-11(13)17-15(18)10-6-7-12-14(8-10)20-9-16-12/h2-9H,1H3,(H,17,18). The Bertz CT molecular complexity index is 767. The number of hydrogen-bond donors (Lipinski definition) is 1. The number of ether oxygens (including phenoxy) is 1. The fraction of sp³-hybridized carbons (Fsp3) is 0.0667.